The first-order valence-electron chi connectivity index (χ1n) is 6.05. The minimum absolute atomic E-state index is 0. The Morgan fingerprint density at radius 1 is 1.42 bits per heavy atom. The molecule has 0 radical (unpaired) electrons. The fourth-order valence-corrected chi connectivity index (χ4v) is 2.59. The van der Waals surface area contributed by atoms with Crippen LogP contribution in [0.25, 0.3) is 0 Å². The van der Waals surface area contributed by atoms with Crippen LogP contribution in [0.3, 0.4) is 0 Å². The monoisotopic (exact) mass is 306 g/mol. The lowest BCUT2D eigenvalue weighted by atomic mass is 9.97. The third-order valence-electron chi connectivity index (χ3n) is 3.53. The highest BCUT2D eigenvalue weighted by molar-refractivity contribution is 6.31. The van der Waals surface area contributed by atoms with Crippen molar-refractivity contribution >= 4 is 29.9 Å². The van der Waals surface area contributed by atoms with Gasteiger partial charge >= 0.3 is 0 Å². The van der Waals surface area contributed by atoms with Crippen LogP contribution in [0.2, 0.25) is 5.02 Å². The summed E-state index contributed by atoms with van der Waals surface area (Å²) < 4.78 is 13.7. The first kappa shape index (κ1) is 16.2. The Morgan fingerprint density at radius 2 is 2.05 bits per heavy atom. The number of amides is 1. The third kappa shape index (κ3) is 3.38. The van der Waals surface area contributed by atoms with Crippen molar-refractivity contribution < 1.29 is 9.18 Å². The van der Waals surface area contributed by atoms with Crippen LogP contribution in [0.4, 0.5) is 4.39 Å². The quantitative estimate of drug-likeness (QED) is 0.902. The van der Waals surface area contributed by atoms with Gasteiger partial charge in [0.15, 0.2) is 5.82 Å². The number of benzene rings is 1. The Labute approximate surface area is 123 Å². The van der Waals surface area contributed by atoms with Gasteiger partial charge in [-0.3, -0.25) is 4.79 Å². The van der Waals surface area contributed by atoms with Gasteiger partial charge in [0.1, 0.15) is 0 Å². The molecule has 6 heteroatoms. The van der Waals surface area contributed by atoms with Crippen LogP contribution in [-0.4, -0.2) is 18.0 Å². The number of nitrogens with one attached hydrogen (secondary N) is 1. The molecule has 1 amide bonds. The van der Waals surface area contributed by atoms with E-state index in [0.29, 0.717) is 6.54 Å². The van der Waals surface area contributed by atoms with E-state index in [1.165, 1.54) is 12.1 Å². The number of rotatable bonds is 3. The minimum Gasteiger partial charge on any atom is -0.345 e. The van der Waals surface area contributed by atoms with Crippen LogP contribution in [0.5, 0.6) is 0 Å². The fourth-order valence-electron chi connectivity index (χ4n) is 2.42. The van der Waals surface area contributed by atoms with Crippen molar-refractivity contribution in [2.24, 2.45) is 5.73 Å². The Morgan fingerprint density at radius 3 is 2.63 bits per heavy atom. The summed E-state index contributed by atoms with van der Waals surface area (Å²) in [5.41, 5.74) is 5.32. The summed E-state index contributed by atoms with van der Waals surface area (Å²) in [6.07, 6.45) is 3.76. The van der Waals surface area contributed by atoms with E-state index in [1.807, 2.05) is 0 Å². The summed E-state index contributed by atoms with van der Waals surface area (Å²) in [6.45, 7) is 0.376. The molecule has 0 heterocycles. The van der Waals surface area contributed by atoms with E-state index in [1.54, 1.807) is 6.07 Å². The smallest absolute Gasteiger partial charge is 0.254 e. The Balaban J connectivity index is 0.00000180. The number of carbonyl (C=O) groups is 1. The summed E-state index contributed by atoms with van der Waals surface area (Å²) in [5.74, 6) is -1.12. The van der Waals surface area contributed by atoms with E-state index in [-0.39, 0.29) is 28.5 Å². The average Bonchev–Trinajstić information content (AvgIpc) is 2.81. The van der Waals surface area contributed by atoms with Gasteiger partial charge < -0.3 is 11.1 Å². The highest BCUT2D eigenvalue weighted by Crippen LogP contribution is 2.29. The van der Waals surface area contributed by atoms with Gasteiger partial charge in [0.05, 0.1) is 16.1 Å². The lowest BCUT2D eigenvalue weighted by Crippen LogP contribution is -2.51. The van der Waals surface area contributed by atoms with E-state index in [4.69, 9.17) is 17.3 Å². The zero-order valence-electron chi connectivity index (χ0n) is 10.4. The Hall–Kier alpha value is -0.840. The molecule has 1 fully saturated rings. The lowest BCUT2D eigenvalue weighted by molar-refractivity contribution is 0.0899. The first-order chi connectivity index (χ1) is 8.58. The molecule has 106 valence electrons. The topological polar surface area (TPSA) is 55.1 Å². The zero-order chi connectivity index (χ0) is 13.2. The summed E-state index contributed by atoms with van der Waals surface area (Å²) in [7, 11) is 0. The Bertz CT molecular complexity index is 462. The van der Waals surface area contributed by atoms with Crippen LogP contribution in [-0.2, 0) is 0 Å². The lowest BCUT2D eigenvalue weighted by Gasteiger charge is -2.28. The maximum absolute atomic E-state index is 13.7. The second-order valence-electron chi connectivity index (χ2n) is 4.75. The SMILES string of the molecule is Cl.NCC1(NC(=O)c2cccc(Cl)c2F)CCCC1. The van der Waals surface area contributed by atoms with Crippen LogP contribution >= 0.6 is 24.0 Å². The molecule has 0 atom stereocenters. The molecular formula is C13H17Cl2FN2O. The molecule has 1 saturated carbocycles. The molecule has 0 aromatic heterocycles. The summed E-state index contributed by atoms with van der Waals surface area (Å²) in [6, 6.07) is 4.40. The van der Waals surface area contributed by atoms with E-state index in [9.17, 15) is 9.18 Å². The van der Waals surface area contributed by atoms with E-state index in [0.717, 1.165) is 25.7 Å². The highest BCUT2D eigenvalue weighted by atomic mass is 35.5. The van der Waals surface area contributed by atoms with Crippen molar-refractivity contribution in [3.05, 3.63) is 34.6 Å². The molecule has 1 aliphatic carbocycles. The van der Waals surface area contributed by atoms with Gasteiger partial charge in [-0.1, -0.05) is 30.5 Å². The van der Waals surface area contributed by atoms with Crippen LogP contribution < -0.4 is 11.1 Å². The largest absolute Gasteiger partial charge is 0.345 e. The second kappa shape index (κ2) is 6.55. The maximum atomic E-state index is 13.7. The number of hydrogen-bond donors (Lipinski definition) is 2. The number of carbonyl (C=O) groups excluding carboxylic acids is 1. The van der Waals surface area contributed by atoms with Crippen molar-refractivity contribution in [1.82, 2.24) is 5.32 Å². The summed E-state index contributed by atoms with van der Waals surface area (Å²) in [5, 5.41) is 2.82. The number of halogens is 3. The molecule has 3 nitrogen and oxygen atoms in total. The van der Waals surface area contributed by atoms with Gasteiger partial charge in [-0.25, -0.2) is 4.39 Å². The molecule has 0 bridgehead atoms. The molecule has 1 aromatic rings. The van der Waals surface area contributed by atoms with Gasteiger partial charge in [0.25, 0.3) is 5.91 Å². The number of nitrogens with two attached hydrogens (primary N) is 1. The van der Waals surface area contributed by atoms with Gasteiger partial charge in [-0.15, -0.1) is 12.4 Å². The molecule has 3 N–H and O–H groups in total. The van der Waals surface area contributed by atoms with Crippen LogP contribution in [0.15, 0.2) is 18.2 Å². The maximum Gasteiger partial charge on any atom is 0.254 e. The van der Waals surface area contributed by atoms with E-state index in [2.05, 4.69) is 5.32 Å². The third-order valence-corrected chi connectivity index (χ3v) is 3.82. The minimum atomic E-state index is -0.679. The molecule has 1 aromatic carbocycles. The van der Waals surface area contributed by atoms with Crippen molar-refractivity contribution in [1.29, 1.82) is 0 Å². The number of hydrogen-bond acceptors (Lipinski definition) is 2. The molecule has 0 unspecified atom stereocenters. The second-order valence-corrected chi connectivity index (χ2v) is 5.15. The summed E-state index contributed by atoms with van der Waals surface area (Å²) in [4.78, 5) is 12.1. The summed E-state index contributed by atoms with van der Waals surface area (Å²) >= 11 is 5.66. The first-order valence-corrected chi connectivity index (χ1v) is 6.42. The molecule has 1 aliphatic rings. The van der Waals surface area contributed by atoms with Gasteiger partial charge in [0, 0.05) is 6.54 Å². The van der Waals surface area contributed by atoms with E-state index < -0.39 is 11.7 Å². The highest BCUT2D eigenvalue weighted by Gasteiger charge is 2.34. The zero-order valence-corrected chi connectivity index (χ0v) is 12.0. The van der Waals surface area contributed by atoms with Gasteiger partial charge in [0.2, 0.25) is 0 Å². The van der Waals surface area contributed by atoms with Crippen LogP contribution in [0, 0.1) is 5.82 Å². The van der Waals surface area contributed by atoms with Gasteiger partial charge in [-0.2, -0.15) is 0 Å². The molecule has 19 heavy (non-hydrogen) atoms. The molecule has 2 rings (SSSR count). The molecule has 0 aliphatic heterocycles. The standard InChI is InChI=1S/C13H16ClFN2O.ClH/c14-10-5-3-4-9(11(10)15)12(18)17-13(8-16)6-1-2-7-13;/h3-5H,1-2,6-8,16H2,(H,17,18);1H. The molecule has 0 saturated heterocycles. The van der Waals surface area contributed by atoms with Crippen molar-refractivity contribution in [3.8, 4) is 0 Å². The van der Waals surface area contributed by atoms with Crippen molar-refractivity contribution in [2.45, 2.75) is 31.2 Å². The van der Waals surface area contributed by atoms with Crippen molar-refractivity contribution in [2.75, 3.05) is 6.54 Å². The fraction of sp³-hybridized carbons (Fsp3) is 0.462. The van der Waals surface area contributed by atoms with E-state index >= 15 is 0 Å². The molecule has 0 spiro atoms. The van der Waals surface area contributed by atoms with Gasteiger partial charge in [-0.05, 0) is 25.0 Å². The van der Waals surface area contributed by atoms with Crippen molar-refractivity contribution in [3.63, 3.8) is 0 Å². The predicted octanol–water partition coefficient (Wildman–Crippen LogP) is 2.90. The predicted molar refractivity (Wildman–Crippen MR) is 76.4 cm³/mol. The molecular weight excluding hydrogens is 290 g/mol. The Kier molecular flexibility index (Phi) is 5.59. The van der Waals surface area contributed by atoms with Crippen LogP contribution in [0.1, 0.15) is 36.0 Å². The normalized spacial score (nSPS) is 16.8. The average molecular weight is 307 g/mol.